The highest BCUT2D eigenvalue weighted by Crippen LogP contribution is 2.16. The highest BCUT2D eigenvalue weighted by molar-refractivity contribution is 14.0. The Hall–Kier alpha value is -1.93. The number of benzene rings is 1. The highest BCUT2D eigenvalue weighted by atomic mass is 127. The molecular formula is C20H28F3IN6O2. The van der Waals surface area contributed by atoms with Crippen LogP contribution in [-0.2, 0) is 42.2 Å². The van der Waals surface area contributed by atoms with Crippen molar-refractivity contribution in [2.24, 2.45) is 4.99 Å². The zero-order chi connectivity index (χ0) is 22.3. The smallest absolute Gasteiger partial charge is 0.377 e. The Morgan fingerprint density at radius 3 is 2.78 bits per heavy atom. The lowest BCUT2D eigenvalue weighted by Gasteiger charge is -2.25. The van der Waals surface area contributed by atoms with Gasteiger partial charge in [-0.1, -0.05) is 24.3 Å². The van der Waals surface area contributed by atoms with E-state index in [9.17, 15) is 13.2 Å². The van der Waals surface area contributed by atoms with Gasteiger partial charge in [0.1, 0.15) is 19.0 Å². The van der Waals surface area contributed by atoms with Gasteiger partial charge in [-0.2, -0.15) is 18.3 Å². The van der Waals surface area contributed by atoms with Gasteiger partial charge in [-0.25, -0.2) is 9.67 Å². The van der Waals surface area contributed by atoms with Crippen LogP contribution in [-0.4, -0.2) is 53.7 Å². The number of ether oxygens (including phenoxy) is 2. The van der Waals surface area contributed by atoms with Crippen molar-refractivity contribution in [1.29, 1.82) is 0 Å². The van der Waals surface area contributed by atoms with Crippen LogP contribution in [0.4, 0.5) is 13.2 Å². The van der Waals surface area contributed by atoms with Crippen LogP contribution in [0.25, 0.3) is 0 Å². The molecule has 1 aliphatic rings. The number of aryl methyl sites for hydroxylation is 1. The molecule has 0 radical (unpaired) electrons. The molecule has 1 aromatic carbocycles. The second-order valence-electron chi connectivity index (χ2n) is 7.29. The number of halogens is 4. The van der Waals surface area contributed by atoms with E-state index in [1.165, 1.54) is 0 Å². The van der Waals surface area contributed by atoms with Crippen molar-refractivity contribution >= 4 is 29.9 Å². The maximum Gasteiger partial charge on any atom is 0.411 e. The first kappa shape index (κ1) is 26.3. The summed E-state index contributed by atoms with van der Waals surface area (Å²) < 4.78 is 48.4. The minimum absolute atomic E-state index is 0. The molecule has 0 spiro atoms. The van der Waals surface area contributed by atoms with Crippen molar-refractivity contribution in [3.05, 3.63) is 47.0 Å². The van der Waals surface area contributed by atoms with Gasteiger partial charge in [-0.15, -0.1) is 24.0 Å². The SMILES string of the molecule is CN=C(NCc1cccc(COCC(F)(F)F)c1)NC1CCc2nc(COC)nn2C1.I. The van der Waals surface area contributed by atoms with E-state index in [-0.39, 0.29) is 36.6 Å². The summed E-state index contributed by atoms with van der Waals surface area (Å²) in [6.07, 6.45) is -2.61. The molecule has 2 aromatic rings. The largest absolute Gasteiger partial charge is 0.411 e. The number of alkyl halides is 3. The summed E-state index contributed by atoms with van der Waals surface area (Å²) in [5.41, 5.74) is 1.60. The van der Waals surface area contributed by atoms with Crippen molar-refractivity contribution in [1.82, 2.24) is 25.4 Å². The molecule has 2 heterocycles. The van der Waals surface area contributed by atoms with Gasteiger partial charge < -0.3 is 20.1 Å². The summed E-state index contributed by atoms with van der Waals surface area (Å²) in [4.78, 5) is 8.74. The molecule has 0 bridgehead atoms. The number of nitrogens with zero attached hydrogens (tertiary/aromatic N) is 4. The van der Waals surface area contributed by atoms with Gasteiger partial charge in [0.2, 0.25) is 0 Å². The number of aromatic nitrogens is 3. The van der Waals surface area contributed by atoms with Gasteiger partial charge in [0.15, 0.2) is 11.8 Å². The van der Waals surface area contributed by atoms with Crippen molar-refractivity contribution in [3.8, 4) is 0 Å². The van der Waals surface area contributed by atoms with Gasteiger partial charge in [-0.3, -0.25) is 4.99 Å². The Balaban J connectivity index is 0.00000363. The lowest BCUT2D eigenvalue weighted by atomic mass is 10.1. The fourth-order valence-electron chi connectivity index (χ4n) is 3.36. The number of guanidine groups is 1. The number of nitrogens with one attached hydrogen (secondary N) is 2. The maximum absolute atomic E-state index is 12.2. The van der Waals surface area contributed by atoms with Gasteiger partial charge in [0, 0.05) is 33.2 Å². The van der Waals surface area contributed by atoms with E-state index in [0.717, 1.165) is 24.2 Å². The summed E-state index contributed by atoms with van der Waals surface area (Å²) in [5, 5.41) is 11.1. The van der Waals surface area contributed by atoms with Crippen LogP contribution >= 0.6 is 24.0 Å². The van der Waals surface area contributed by atoms with Gasteiger partial charge in [-0.05, 0) is 17.5 Å². The van der Waals surface area contributed by atoms with Crippen LogP contribution in [0.3, 0.4) is 0 Å². The molecule has 0 aliphatic carbocycles. The summed E-state index contributed by atoms with van der Waals surface area (Å²) in [5.74, 6) is 2.28. The Morgan fingerprint density at radius 1 is 1.28 bits per heavy atom. The number of hydrogen-bond acceptors (Lipinski definition) is 5. The minimum Gasteiger partial charge on any atom is -0.377 e. The molecule has 0 saturated heterocycles. The van der Waals surface area contributed by atoms with Gasteiger partial charge >= 0.3 is 6.18 Å². The van der Waals surface area contributed by atoms with Crippen molar-refractivity contribution in [2.75, 3.05) is 20.8 Å². The third kappa shape index (κ3) is 8.20. The van der Waals surface area contributed by atoms with E-state index < -0.39 is 12.8 Å². The Morgan fingerprint density at radius 2 is 2.06 bits per heavy atom. The molecular weight excluding hydrogens is 540 g/mol. The molecule has 1 unspecified atom stereocenters. The summed E-state index contributed by atoms with van der Waals surface area (Å²) in [7, 11) is 3.31. The third-order valence-electron chi connectivity index (χ3n) is 4.73. The molecule has 1 aromatic heterocycles. The van der Waals surface area contributed by atoms with Crippen LogP contribution in [0.1, 0.15) is 29.2 Å². The van der Waals surface area contributed by atoms with Crippen LogP contribution in [0, 0.1) is 0 Å². The number of rotatable bonds is 8. The Bertz CT molecular complexity index is 890. The molecule has 0 fully saturated rings. The van der Waals surface area contributed by atoms with E-state index in [1.54, 1.807) is 26.3 Å². The lowest BCUT2D eigenvalue weighted by Crippen LogP contribution is -2.46. The highest BCUT2D eigenvalue weighted by Gasteiger charge is 2.27. The van der Waals surface area contributed by atoms with E-state index >= 15 is 0 Å². The average Bonchev–Trinajstić information content (AvgIpc) is 3.12. The summed E-state index contributed by atoms with van der Waals surface area (Å²) >= 11 is 0. The lowest BCUT2D eigenvalue weighted by molar-refractivity contribution is -0.176. The zero-order valence-electron chi connectivity index (χ0n) is 18.0. The van der Waals surface area contributed by atoms with E-state index in [4.69, 9.17) is 9.47 Å². The average molecular weight is 568 g/mol. The molecule has 178 valence electrons. The molecule has 3 rings (SSSR count). The van der Waals surface area contributed by atoms with Crippen molar-refractivity contribution in [2.45, 2.75) is 51.4 Å². The number of hydrogen-bond donors (Lipinski definition) is 2. The van der Waals surface area contributed by atoms with Crippen LogP contribution in [0.5, 0.6) is 0 Å². The van der Waals surface area contributed by atoms with Crippen LogP contribution in [0.15, 0.2) is 29.3 Å². The Labute approximate surface area is 202 Å². The Kier molecular flexibility index (Phi) is 10.2. The minimum atomic E-state index is -4.32. The topological polar surface area (TPSA) is 85.6 Å². The molecule has 0 saturated carbocycles. The fourth-order valence-corrected chi connectivity index (χ4v) is 3.36. The molecule has 1 atom stereocenters. The number of methoxy groups -OCH3 is 1. The van der Waals surface area contributed by atoms with E-state index in [0.29, 0.717) is 37.0 Å². The number of aliphatic imine (C=N–C) groups is 1. The monoisotopic (exact) mass is 568 g/mol. The van der Waals surface area contributed by atoms with Crippen molar-refractivity contribution < 1.29 is 22.6 Å². The quantitative estimate of drug-likeness (QED) is 0.290. The summed E-state index contributed by atoms with van der Waals surface area (Å²) in [6.45, 7) is 0.202. The van der Waals surface area contributed by atoms with Crippen LogP contribution in [0.2, 0.25) is 0 Å². The third-order valence-corrected chi connectivity index (χ3v) is 4.73. The van der Waals surface area contributed by atoms with E-state index in [2.05, 4.69) is 25.7 Å². The number of fused-ring (bicyclic) bond motifs is 1. The molecule has 8 nitrogen and oxygen atoms in total. The fraction of sp³-hybridized carbons (Fsp3) is 0.550. The predicted molar refractivity (Wildman–Crippen MR) is 124 cm³/mol. The normalized spacial score (nSPS) is 16.3. The molecule has 12 heteroatoms. The van der Waals surface area contributed by atoms with E-state index in [1.807, 2.05) is 16.8 Å². The standard InChI is InChI=1S/C20H27F3N6O2.HI/c1-24-19(26-16-6-7-18-27-17(12-30-2)28-29(18)10-16)25-9-14-4-3-5-15(8-14)11-31-13-20(21,22)23;/h3-5,8,16H,6-7,9-13H2,1-2H3,(H2,24,25,26);1H. The molecule has 0 amide bonds. The van der Waals surface area contributed by atoms with Crippen LogP contribution < -0.4 is 10.6 Å². The predicted octanol–water partition coefficient (Wildman–Crippen LogP) is 2.80. The molecule has 1 aliphatic heterocycles. The zero-order valence-corrected chi connectivity index (χ0v) is 20.3. The van der Waals surface area contributed by atoms with Crippen molar-refractivity contribution in [3.63, 3.8) is 0 Å². The maximum atomic E-state index is 12.2. The second-order valence-corrected chi connectivity index (χ2v) is 7.29. The van der Waals surface area contributed by atoms with Gasteiger partial charge in [0.25, 0.3) is 0 Å². The first-order valence-electron chi connectivity index (χ1n) is 9.97. The summed E-state index contributed by atoms with van der Waals surface area (Å²) in [6, 6.07) is 7.40. The first-order chi connectivity index (χ1) is 14.9. The molecule has 2 N–H and O–H groups in total. The van der Waals surface area contributed by atoms with Gasteiger partial charge in [0.05, 0.1) is 13.2 Å². The second kappa shape index (κ2) is 12.3. The molecule has 32 heavy (non-hydrogen) atoms. The first-order valence-corrected chi connectivity index (χ1v) is 9.97.